The zero-order valence-electron chi connectivity index (χ0n) is 12.6. The van der Waals surface area contributed by atoms with Gasteiger partial charge < -0.3 is 4.74 Å². The van der Waals surface area contributed by atoms with Crippen molar-refractivity contribution in [3.8, 4) is 5.75 Å². The number of halogens is 2. The Bertz CT molecular complexity index is 739. The van der Waals surface area contributed by atoms with Gasteiger partial charge in [0.1, 0.15) is 5.75 Å². The number of hydrogen-bond acceptors (Lipinski definition) is 6. The highest BCUT2D eigenvalue weighted by Gasteiger charge is 2.10. The van der Waals surface area contributed by atoms with Gasteiger partial charge in [-0.15, -0.1) is 5.10 Å². The van der Waals surface area contributed by atoms with Crippen LogP contribution in [0, 0.1) is 0 Å². The normalized spacial score (nSPS) is 10.3. The van der Waals surface area contributed by atoms with Gasteiger partial charge in [-0.1, -0.05) is 35.2 Å². The molecule has 8 nitrogen and oxygen atoms in total. The number of thiocarbonyl (C=S) groups is 1. The fourth-order valence-electron chi connectivity index (χ4n) is 1.62. The van der Waals surface area contributed by atoms with Crippen LogP contribution < -0.4 is 15.4 Å². The molecule has 1 amide bonds. The van der Waals surface area contributed by atoms with Crippen molar-refractivity contribution in [3.05, 3.63) is 28.2 Å². The largest absolute Gasteiger partial charge is 0.482 e. The van der Waals surface area contributed by atoms with Crippen molar-refractivity contribution in [2.75, 3.05) is 11.9 Å². The van der Waals surface area contributed by atoms with E-state index in [0.29, 0.717) is 22.3 Å². The Kier molecular flexibility index (Phi) is 6.71. The SMILES string of the molecule is CCCn1nnc(NC(=S)NC(=O)COc2ccc(Cl)cc2Cl)n1. The van der Waals surface area contributed by atoms with Crippen LogP contribution in [0.1, 0.15) is 13.3 Å². The lowest BCUT2D eigenvalue weighted by molar-refractivity contribution is -0.121. The van der Waals surface area contributed by atoms with Crippen molar-refractivity contribution in [3.63, 3.8) is 0 Å². The number of benzene rings is 1. The van der Waals surface area contributed by atoms with Gasteiger partial charge in [0.2, 0.25) is 0 Å². The maximum absolute atomic E-state index is 11.8. The number of ether oxygens (including phenoxy) is 1. The number of amides is 1. The Morgan fingerprint density at radius 3 is 2.92 bits per heavy atom. The van der Waals surface area contributed by atoms with Gasteiger partial charge in [0.25, 0.3) is 11.9 Å². The van der Waals surface area contributed by atoms with E-state index >= 15 is 0 Å². The number of tetrazole rings is 1. The number of aryl methyl sites for hydroxylation is 1. The maximum Gasteiger partial charge on any atom is 0.269 e. The number of nitrogens with one attached hydrogen (secondary N) is 2. The molecule has 1 aromatic heterocycles. The summed E-state index contributed by atoms with van der Waals surface area (Å²) in [4.78, 5) is 13.2. The van der Waals surface area contributed by atoms with E-state index in [1.54, 1.807) is 12.1 Å². The second-order valence-electron chi connectivity index (χ2n) is 4.57. The van der Waals surface area contributed by atoms with Gasteiger partial charge in [0.05, 0.1) is 11.6 Å². The van der Waals surface area contributed by atoms with Gasteiger partial charge in [0.15, 0.2) is 11.7 Å². The third-order valence-electron chi connectivity index (χ3n) is 2.61. The molecule has 0 unspecified atom stereocenters. The van der Waals surface area contributed by atoms with E-state index in [0.717, 1.165) is 6.42 Å². The minimum absolute atomic E-state index is 0.0434. The van der Waals surface area contributed by atoms with Gasteiger partial charge >= 0.3 is 0 Å². The second-order valence-corrected chi connectivity index (χ2v) is 5.83. The Labute approximate surface area is 153 Å². The van der Waals surface area contributed by atoms with E-state index in [9.17, 15) is 4.79 Å². The molecule has 24 heavy (non-hydrogen) atoms. The first-order valence-corrected chi connectivity index (χ1v) is 8.11. The maximum atomic E-state index is 11.8. The van der Waals surface area contributed by atoms with Crippen LogP contribution >= 0.6 is 35.4 Å². The second kappa shape index (κ2) is 8.76. The molecule has 0 aliphatic carbocycles. The summed E-state index contributed by atoms with van der Waals surface area (Å²) >= 11 is 16.7. The van der Waals surface area contributed by atoms with E-state index in [1.165, 1.54) is 10.9 Å². The average molecular weight is 389 g/mol. The lowest BCUT2D eigenvalue weighted by Gasteiger charge is -2.09. The molecule has 1 heterocycles. The molecule has 11 heteroatoms. The van der Waals surface area contributed by atoms with E-state index in [-0.39, 0.29) is 17.7 Å². The smallest absolute Gasteiger partial charge is 0.269 e. The van der Waals surface area contributed by atoms with Crippen molar-refractivity contribution in [1.29, 1.82) is 0 Å². The summed E-state index contributed by atoms with van der Waals surface area (Å²) in [6.07, 6.45) is 0.877. The molecule has 2 N–H and O–H groups in total. The molecule has 0 aliphatic heterocycles. The van der Waals surface area contributed by atoms with Crippen LogP contribution in [0.3, 0.4) is 0 Å². The number of rotatable bonds is 6. The molecule has 2 aromatic rings. The fraction of sp³-hybridized carbons (Fsp3) is 0.308. The van der Waals surface area contributed by atoms with Crippen molar-refractivity contribution < 1.29 is 9.53 Å². The van der Waals surface area contributed by atoms with Crippen LogP contribution in [-0.4, -0.2) is 37.8 Å². The number of anilines is 1. The fourth-order valence-corrected chi connectivity index (χ4v) is 2.29. The van der Waals surface area contributed by atoms with Crippen molar-refractivity contribution >= 4 is 52.4 Å². The number of nitrogens with zero attached hydrogens (tertiary/aromatic N) is 4. The van der Waals surface area contributed by atoms with Crippen molar-refractivity contribution in [2.45, 2.75) is 19.9 Å². The highest BCUT2D eigenvalue weighted by atomic mass is 35.5. The molecule has 0 spiro atoms. The molecular weight excluding hydrogens is 375 g/mol. The topological polar surface area (TPSA) is 94.0 Å². The monoisotopic (exact) mass is 388 g/mol. The quantitative estimate of drug-likeness (QED) is 0.732. The molecule has 2 rings (SSSR count). The van der Waals surface area contributed by atoms with Crippen LogP contribution in [0.4, 0.5) is 5.95 Å². The van der Waals surface area contributed by atoms with Crippen LogP contribution in [0.2, 0.25) is 10.0 Å². The van der Waals surface area contributed by atoms with Gasteiger partial charge in [0, 0.05) is 5.02 Å². The molecule has 0 saturated heterocycles. The standard InChI is InChI=1S/C13H14Cl2N6O2S/c1-2-5-21-19-12(18-20-21)17-13(24)16-11(22)7-23-10-4-3-8(14)6-9(10)15/h3-4,6H,2,5,7H2,1H3,(H2,16,17,19,22,24). The van der Waals surface area contributed by atoms with E-state index < -0.39 is 5.91 Å². The summed E-state index contributed by atoms with van der Waals surface area (Å²) in [5, 5.41) is 17.6. The zero-order chi connectivity index (χ0) is 17.5. The summed E-state index contributed by atoms with van der Waals surface area (Å²) in [7, 11) is 0. The van der Waals surface area contributed by atoms with Gasteiger partial charge in [-0.05, 0) is 42.1 Å². The first-order valence-electron chi connectivity index (χ1n) is 6.94. The summed E-state index contributed by atoms with van der Waals surface area (Å²) in [6, 6.07) is 4.70. The minimum atomic E-state index is -0.459. The minimum Gasteiger partial charge on any atom is -0.482 e. The predicted octanol–water partition coefficient (Wildman–Crippen LogP) is 2.28. The third kappa shape index (κ3) is 5.59. The molecule has 1 aromatic carbocycles. The van der Waals surface area contributed by atoms with E-state index in [2.05, 4.69) is 26.0 Å². The molecule has 0 fully saturated rings. The molecule has 0 atom stereocenters. The molecule has 0 saturated carbocycles. The summed E-state index contributed by atoms with van der Waals surface area (Å²) in [6.45, 7) is 2.37. The van der Waals surface area contributed by atoms with Crippen molar-refractivity contribution in [2.24, 2.45) is 0 Å². The van der Waals surface area contributed by atoms with Gasteiger partial charge in [-0.3, -0.25) is 15.4 Å². The molecule has 0 radical (unpaired) electrons. The van der Waals surface area contributed by atoms with Crippen LogP contribution in [0.15, 0.2) is 18.2 Å². The van der Waals surface area contributed by atoms with Crippen LogP contribution in [-0.2, 0) is 11.3 Å². The first kappa shape index (κ1) is 18.4. The average Bonchev–Trinajstić information content (AvgIpc) is 2.93. The third-order valence-corrected chi connectivity index (χ3v) is 3.34. The van der Waals surface area contributed by atoms with Gasteiger partial charge in [-0.2, -0.15) is 4.80 Å². The highest BCUT2D eigenvalue weighted by molar-refractivity contribution is 7.80. The zero-order valence-corrected chi connectivity index (χ0v) is 15.0. The summed E-state index contributed by atoms with van der Waals surface area (Å²) in [5.74, 6) is 0.0918. The van der Waals surface area contributed by atoms with Crippen LogP contribution in [0.25, 0.3) is 0 Å². The lowest BCUT2D eigenvalue weighted by Crippen LogP contribution is -2.37. The molecule has 128 valence electrons. The number of carbonyl (C=O) groups is 1. The number of aromatic nitrogens is 4. The van der Waals surface area contributed by atoms with Gasteiger partial charge in [-0.25, -0.2) is 0 Å². The Morgan fingerprint density at radius 1 is 1.42 bits per heavy atom. The van der Waals surface area contributed by atoms with E-state index in [1.807, 2.05) is 6.92 Å². The lowest BCUT2D eigenvalue weighted by atomic mass is 10.3. The summed E-state index contributed by atoms with van der Waals surface area (Å²) in [5.41, 5.74) is 0. The number of carbonyl (C=O) groups excluding carboxylic acids is 1. The Morgan fingerprint density at radius 2 is 2.21 bits per heavy atom. The summed E-state index contributed by atoms with van der Waals surface area (Å²) < 4.78 is 5.30. The molecule has 0 bridgehead atoms. The Balaban J connectivity index is 1.79. The predicted molar refractivity (Wildman–Crippen MR) is 94.4 cm³/mol. The van der Waals surface area contributed by atoms with Crippen molar-refractivity contribution in [1.82, 2.24) is 25.5 Å². The first-order chi connectivity index (χ1) is 11.5. The highest BCUT2D eigenvalue weighted by Crippen LogP contribution is 2.27. The van der Waals surface area contributed by atoms with E-state index in [4.69, 9.17) is 40.2 Å². The van der Waals surface area contributed by atoms with Crippen LogP contribution in [0.5, 0.6) is 5.75 Å². The molecular formula is C13H14Cl2N6O2S. The Hall–Kier alpha value is -1.97. The number of hydrogen-bond donors (Lipinski definition) is 2. The molecule has 0 aliphatic rings.